The average molecular weight is 281 g/mol. The van der Waals surface area contributed by atoms with Gasteiger partial charge in [-0.15, -0.1) is 0 Å². The van der Waals surface area contributed by atoms with Crippen molar-refractivity contribution >= 4 is 11.6 Å². The Morgan fingerprint density at radius 2 is 1.76 bits per heavy atom. The lowest BCUT2D eigenvalue weighted by Crippen LogP contribution is -2.31. The second-order valence-corrected chi connectivity index (χ2v) is 5.29. The predicted octanol–water partition coefficient (Wildman–Crippen LogP) is 2.56. The van der Waals surface area contributed by atoms with E-state index in [1.165, 1.54) is 11.1 Å². The molecule has 0 atom stereocenters. The molecule has 1 amide bonds. The minimum atomic E-state index is 0.0280. The van der Waals surface area contributed by atoms with Crippen LogP contribution in [0.3, 0.4) is 0 Å². The number of hydrazine groups is 1. The van der Waals surface area contributed by atoms with Gasteiger partial charge in [-0.1, -0.05) is 36.4 Å². The van der Waals surface area contributed by atoms with Crippen LogP contribution in [0.15, 0.2) is 48.5 Å². The van der Waals surface area contributed by atoms with E-state index in [0.29, 0.717) is 17.8 Å². The highest BCUT2D eigenvalue weighted by Crippen LogP contribution is 2.22. The maximum atomic E-state index is 12.8. The maximum absolute atomic E-state index is 12.8. The van der Waals surface area contributed by atoms with E-state index in [9.17, 15) is 4.79 Å². The van der Waals surface area contributed by atoms with Gasteiger partial charge in [0.15, 0.2) is 0 Å². The highest BCUT2D eigenvalue weighted by atomic mass is 16.2. The number of nitrogens with two attached hydrogens (primary N) is 1. The van der Waals surface area contributed by atoms with Gasteiger partial charge in [-0.05, 0) is 36.1 Å². The highest BCUT2D eigenvalue weighted by Gasteiger charge is 2.21. The van der Waals surface area contributed by atoms with Crippen LogP contribution in [0.5, 0.6) is 0 Å². The van der Waals surface area contributed by atoms with E-state index in [1.54, 1.807) is 0 Å². The molecule has 0 radical (unpaired) electrons. The third-order valence-electron chi connectivity index (χ3n) is 3.95. The molecule has 0 aromatic heterocycles. The van der Waals surface area contributed by atoms with Gasteiger partial charge in [0, 0.05) is 13.1 Å². The summed E-state index contributed by atoms with van der Waals surface area (Å²) in [6.45, 7) is 1.43. The summed E-state index contributed by atoms with van der Waals surface area (Å²) in [7, 11) is 0. The van der Waals surface area contributed by atoms with Crippen LogP contribution >= 0.6 is 0 Å². The molecule has 0 aliphatic carbocycles. The van der Waals surface area contributed by atoms with Crippen LogP contribution in [0, 0.1) is 0 Å². The Balaban J connectivity index is 1.88. The molecule has 4 heteroatoms. The maximum Gasteiger partial charge on any atom is 0.256 e. The lowest BCUT2D eigenvalue weighted by Gasteiger charge is -2.22. The number of amides is 1. The topological polar surface area (TPSA) is 58.4 Å². The number of benzene rings is 2. The number of anilines is 1. The first-order valence-electron chi connectivity index (χ1n) is 7.21. The van der Waals surface area contributed by atoms with Crippen molar-refractivity contribution in [2.75, 3.05) is 12.0 Å². The molecule has 3 rings (SSSR count). The molecular weight excluding hydrogens is 262 g/mol. The van der Waals surface area contributed by atoms with Crippen LogP contribution in [0.2, 0.25) is 0 Å². The number of rotatable bonds is 2. The van der Waals surface area contributed by atoms with E-state index in [-0.39, 0.29) is 5.91 Å². The fourth-order valence-corrected chi connectivity index (χ4v) is 2.84. The van der Waals surface area contributed by atoms with Crippen molar-refractivity contribution in [1.29, 1.82) is 0 Å². The van der Waals surface area contributed by atoms with Crippen molar-refractivity contribution in [2.45, 2.75) is 19.4 Å². The second kappa shape index (κ2) is 5.97. The zero-order chi connectivity index (χ0) is 14.7. The molecule has 108 valence electrons. The van der Waals surface area contributed by atoms with Crippen LogP contribution < -0.4 is 11.3 Å². The molecule has 0 spiro atoms. The average Bonchev–Trinajstić information content (AvgIpc) is 2.76. The van der Waals surface area contributed by atoms with Crippen molar-refractivity contribution < 1.29 is 4.79 Å². The molecule has 1 aliphatic heterocycles. The molecule has 1 aliphatic rings. The van der Waals surface area contributed by atoms with Gasteiger partial charge < -0.3 is 10.3 Å². The van der Waals surface area contributed by atoms with E-state index in [4.69, 9.17) is 5.84 Å². The second-order valence-electron chi connectivity index (χ2n) is 5.29. The van der Waals surface area contributed by atoms with Crippen molar-refractivity contribution in [1.82, 2.24) is 4.90 Å². The van der Waals surface area contributed by atoms with Gasteiger partial charge in [0.25, 0.3) is 5.91 Å². The van der Waals surface area contributed by atoms with Crippen LogP contribution in [-0.2, 0) is 13.0 Å². The zero-order valence-corrected chi connectivity index (χ0v) is 11.9. The standard InChI is InChI=1S/C17H19N3O/c18-19-16-10-4-3-9-15(16)17(21)20-11-5-8-13-6-1-2-7-14(13)12-20/h1-4,6-7,9-10,19H,5,8,11-12,18H2. The Morgan fingerprint density at radius 1 is 1.05 bits per heavy atom. The third-order valence-corrected chi connectivity index (χ3v) is 3.95. The van der Waals surface area contributed by atoms with Gasteiger partial charge in [0.1, 0.15) is 0 Å². The van der Waals surface area contributed by atoms with Crippen LogP contribution in [0.25, 0.3) is 0 Å². The molecule has 0 fully saturated rings. The van der Waals surface area contributed by atoms with Crippen molar-refractivity contribution in [3.63, 3.8) is 0 Å². The lowest BCUT2D eigenvalue weighted by molar-refractivity contribution is 0.0747. The van der Waals surface area contributed by atoms with Crippen molar-refractivity contribution in [2.24, 2.45) is 5.84 Å². The van der Waals surface area contributed by atoms with Gasteiger partial charge in [-0.25, -0.2) is 0 Å². The first kappa shape index (κ1) is 13.6. The number of hydrogen-bond donors (Lipinski definition) is 2. The van der Waals surface area contributed by atoms with Gasteiger partial charge in [-0.2, -0.15) is 0 Å². The fraction of sp³-hybridized carbons (Fsp3) is 0.235. The molecule has 0 saturated carbocycles. The van der Waals surface area contributed by atoms with Crippen LogP contribution in [0.1, 0.15) is 27.9 Å². The molecule has 0 bridgehead atoms. The number of nitrogen functional groups attached to an aromatic ring is 1. The minimum Gasteiger partial charge on any atom is -0.334 e. The first-order valence-corrected chi connectivity index (χ1v) is 7.21. The summed E-state index contributed by atoms with van der Waals surface area (Å²) in [6, 6.07) is 15.7. The van der Waals surface area contributed by atoms with Crippen LogP contribution in [-0.4, -0.2) is 17.4 Å². The Bertz CT molecular complexity index is 654. The Labute approximate surface area is 124 Å². The first-order chi connectivity index (χ1) is 10.3. The van der Waals surface area contributed by atoms with E-state index >= 15 is 0 Å². The molecule has 2 aromatic rings. The summed E-state index contributed by atoms with van der Waals surface area (Å²) in [6.07, 6.45) is 2.01. The Hall–Kier alpha value is -2.33. The third kappa shape index (κ3) is 2.76. The summed E-state index contributed by atoms with van der Waals surface area (Å²) >= 11 is 0. The van der Waals surface area contributed by atoms with Gasteiger partial charge >= 0.3 is 0 Å². The molecule has 1 heterocycles. The molecule has 0 unspecified atom stereocenters. The van der Waals surface area contributed by atoms with E-state index in [2.05, 4.69) is 23.6 Å². The summed E-state index contributed by atoms with van der Waals surface area (Å²) in [5.74, 6) is 5.53. The monoisotopic (exact) mass is 281 g/mol. The summed E-state index contributed by atoms with van der Waals surface area (Å²) < 4.78 is 0. The van der Waals surface area contributed by atoms with Gasteiger partial charge in [-0.3, -0.25) is 10.6 Å². The number of aryl methyl sites for hydroxylation is 1. The molecule has 4 nitrogen and oxygen atoms in total. The highest BCUT2D eigenvalue weighted by molar-refractivity contribution is 5.99. The number of fused-ring (bicyclic) bond motifs is 1. The quantitative estimate of drug-likeness (QED) is 0.657. The largest absolute Gasteiger partial charge is 0.334 e. The summed E-state index contributed by atoms with van der Waals surface area (Å²) in [4.78, 5) is 14.7. The fourth-order valence-electron chi connectivity index (χ4n) is 2.84. The smallest absolute Gasteiger partial charge is 0.256 e. The summed E-state index contributed by atoms with van der Waals surface area (Å²) in [5.41, 5.74) is 6.48. The van der Waals surface area contributed by atoms with Gasteiger partial charge in [0.05, 0.1) is 11.3 Å². The molecule has 2 aromatic carbocycles. The van der Waals surface area contributed by atoms with Gasteiger partial charge in [0.2, 0.25) is 0 Å². The molecule has 21 heavy (non-hydrogen) atoms. The lowest BCUT2D eigenvalue weighted by atomic mass is 10.0. The van der Waals surface area contributed by atoms with E-state index in [1.807, 2.05) is 35.2 Å². The Morgan fingerprint density at radius 3 is 2.57 bits per heavy atom. The number of carbonyl (C=O) groups is 1. The summed E-state index contributed by atoms with van der Waals surface area (Å²) in [5, 5.41) is 0. The number of para-hydroxylation sites is 1. The number of hydrogen-bond acceptors (Lipinski definition) is 3. The van der Waals surface area contributed by atoms with Crippen LogP contribution in [0.4, 0.5) is 5.69 Å². The zero-order valence-electron chi connectivity index (χ0n) is 11.9. The molecule has 0 saturated heterocycles. The normalized spacial score (nSPS) is 14.2. The minimum absolute atomic E-state index is 0.0280. The van der Waals surface area contributed by atoms with E-state index < -0.39 is 0 Å². The number of nitrogens with zero attached hydrogens (tertiary/aromatic N) is 1. The Kier molecular flexibility index (Phi) is 3.88. The molecular formula is C17H19N3O. The molecule has 3 N–H and O–H groups in total. The number of nitrogens with one attached hydrogen (secondary N) is 1. The van der Waals surface area contributed by atoms with Crippen molar-refractivity contribution in [3.8, 4) is 0 Å². The SMILES string of the molecule is NNc1ccccc1C(=O)N1CCCc2ccccc2C1. The van der Waals surface area contributed by atoms with Crippen molar-refractivity contribution in [3.05, 3.63) is 65.2 Å². The predicted molar refractivity (Wildman–Crippen MR) is 83.8 cm³/mol. The number of carbonyl (C=O) groups excluding carboxylic acids is 1. The van der Waals surface area contributed by atoms with E-state index in [0.717, 1.165) is 19.4 Å².